The number of benzene rings is 1. The van der Waals surface area contributed by atoms with Crippen LogP contribution < -0.4 is 4.72 Å². The normalized spacial score (nSPS) is 13.5. The average molecular weight is 379 g/mol. The van der Waals surface area contributed by atoms with Gasteiger partial charge in [0, 0.05) is 11.4 Å². The van der Waals surface area contributed by atoms with E-state index in [-0.39, 0.29) is 27.5 Å². The second-order valence-corrected chi connectivity index (χ2v) is 8.39. The summed E-state index contributed by atoms with van der Waals surface area (Å²) in [7, 11) is 0.0307. The van der Waals surface area contributed by atoms with Gasteiger partial charge in [-0.05, 0) is 37.7 Å². The summed E-state index contributed by atoms with van der Waals surface area (Å²) in [6.07, 6.45) is 0. The molecular formula is C14H16Cl2N2O2S2. The van der Waals surface area contributed by atoms with Crippen LogP contribution in [0.15, 0.2) is 40.6 Å². The van der Waals surface area contributed by atoms with E-state index in [1.165, 1.54) is 12.1 Å². The van der Waals surface area contributed by atoms with Crippen molar-refractivity contribution in [1.29, 1.82) is 0 Å². The lowest BCUT2D eigenvalue weighted by Gasteiger charge is -2.23. The van der Waals surface area contributed by atoms with Gasteiger partial charge in [-0.25, -0.2) is 13.1 Å². The molecule has 120 valence electrons. The predicted octanol–water partition coefficient (Wildman–Crippen LogP) is 3.64. The van der Waals surface area contributed by atoms with Gasteiger partial charge in [-0.2, -0.15) is 0 Å². The van der Waals surface area contributed by atoms with Gasteiger partial charge in [0.1, 0.15) is 4.90 Å². The molecule has 1 N–H and O–H groups in total. The number of hydrogen-bond donors (Lipinski definition) is 1. The Balaban J connectivity index is 2.22. The van der Waals surface area contributed by atoms with Crippen molar-refractivity contribution in [1.82, 2.24) is 9.62 Å². The molecule has 4 nitrogen and oxygen atoms in total. The molecule has 1 aromatic carbocycles. The lowest BCUT2D eigenvalue weighted by Crippen LogP contribution is -2.34. The van der Waals surface area contributed by atoms with Crippen LogP contribution in [0.25, 0.3) is 0 Å². The van der Waals surface area contributed by atoms with Crippen molar-refractivity contribution in [3.63, 3.8) is 0 Å². The maximum atomic E-state index is 12.5. The molecule has 0 fully saturated rings. The van der Waals surface area contributed by atoms with Gasteiger partial charge in [-0.1, -0.05) is 35.3 Å². The van der Waals surface area contributed by atoms with E-state index in [9.17, 15) is 8.42 Å². The summed E-state index contributed by atoms with van der Waals surface area (Å²) in [6, 6.07) is 8.48. The molecule has 0 radical (unpaired) electrons. The molecular weight excluding hydrogens is 363 g/mol. The van der Waals surface area contributed by atoms with Crippen molar-refractivity contribution in [2.45, 2.75) is 10.9 Å². The molecule has 0 bridgehead atoms. The predicted molar refractivity (Wildman–Crippen MR) is 92.4 cm³/mol. The maximum absolute atomic E-state index is 12.5. The zero-order valence-electron chi connectivity index (χ0n) is 12.1. The highest BCUT2D eigenvalue weighted by molar-refractivity contribution is 7.89. The number of sulfonamides is 1. The molecule has 0 saturated heterocycles. The van der Waals surface area contributed by atoms with Crippen molar-refractivity contribution < 1.29 is 8.42 Å². The minimum atomic E-state index is -3.78. The van der Waals surface area contributed by atoms with Crippen LogP contribution in [0.4, 0.5) is 0 Å². The Kier molecular flexibility index (Phi) is 5.87. The zero-order valence-corrected chi connectivity index (χ0v) is 15.2. The first kappa shape index (κ1) is 17.7. The van der Waals surface area contributed by atoms with Gasteiger partial charge < -0.3 is 4.90 Å². The molecule has 1 heterocycles. The van der Waals surface area contributed by atoms with Crippen LogP contribution in [-0.2, 0) is 10.0 Å². The Morgan fingerprint density at radius 3 is 2.32 bits per heavy atom. The summed E-state index contributed by atoms with van der Waals surface area (Å²) in [5, 5.41) is 2.18. The molecule has 2 aromatic rings. The van der Waals surface area contributed by atoms with Crippen LogP contribution in [0.5, 0.6) is 0 Å². The molecule has 22 heavy (non-hydrogen) atoms. The Bertz CT molecular complexity index is 711. The number of hydrogen-bond acceptors (Lipinski definition) is 4. The van der Waals surface area contributed by atoms with Gasteiger partial charge in [0.2, 0.25) is 10.0 Å². The third kappa shape index (κ3) is 4.01. The summed E-state index contributed by atoms with van der Waals surface area (Å²) < 4.78 is 27.5. The van der Waals surface area contributed by atoms with Crippen molar-refractivity contribution in [3.05, 3.63) is 50.6 Å². The van der Waals surface area contributed by atoms with Gasteiger partial charge in [0.15, 0.2) is 0 Å². The van der Waals surface area contributed by atoms with Crippen LogP contribution in [0.1, 0.15) is 10.9 Å². The number of rotatable bonds is 6. The van der Waals surface area contributed by atoms with Gasteiger partial charge in [0.05, 0.1) is 16.1 Å². The molecule has 0 unspecified atom stereocenters. The van der Waals surface area contributed by atoms with E-state index in [0.717, 1.165) is 4.88 Å². The fourth-order valence-corrected chi connectivity index (χ4v) is 5.12. The van der Waals surface area contributed by atoms with Crippen molar-refractivity contribution in [3.8, 4) is 0 Å². The molecule has 0 spiro atoms. The first-order valence-electron chi connectivity index (χ1n) is 6.46. The van der Waals surface area contributed by atoms with E-state index < -0.39 is 10.0 Å². The van der Waals surface area contributed by atoms with Crippen LogP contribution in [0, 0.1) is 0 Å². The highest BCUT2D eigenvalue weighted by Gasteiger charge is 2.24. The fraction of sp³-hybridized carbons (Fsp3) is 0.286. The second kappa shape index (κ2) is 7.29. The number of likely N-dealkylation sites (N-methyl/N-ethyl adjacent to an activating group) is 1. The van der Waals surface area contributed by atoms with Gasteiger partial charge in [0.25, 0.3) is 0 Å². The smallest absolute Gasteiger partial charge is 0.243 e. The number of nitrogens with zero attached hydrogens (tertiary/aromatic N) is 1. The zero-order chi connectivity index (χ0) is 16.3. The quantitative estimate of drug-likeness (QED) is 0.834. The Labute approximate surface area is 144 Å². The minimum Gasteiger partial charge on any atom is -0.300 e. The molecule has 0 aliphatic carbocycles. The number of nitrogens with one attached hydrogen (secondary N) is 1. The number of thiophene rings is 1. The third-order valence-corrected chi connectivity index (χ3v) is 6.50. The highest BCUT2D eigenvalue weighted by Crippen LogP contribution is 2.29. The molecule has 0 amide bonds. The minimum absolute atomic E-state index is 0.0592. The molecule has 1 atom stereocenters. The summed E-state index contributed by atoms with van der Waals surface area (Å²) in [5.74, 6) is 0. The van der Waals surface area contributed by atoms with Crippen molar-refractivity contribution in [2.75, 3.05) is 20.6 Å². The molecule has 0 aliphatic rings. The van der Waals surface area contributed by atoms with Crippen molar-refractivity contribution >= 4 is 44.6 Å². The Hall–Kier alpha value is -0.630. The van der Waals surface area contributed by atoms with Gasteiger partial charge in [-0.15, -0.1) is 11.3 Å². The Morgan fingerprint density at radius 2 is 1.82 bits per heavy atom. The molecule has 0 aliphatic heterocycles. The average Bonchev–Trinajstić information content (AvgIpc) is 2.91. The van der Waals surface area contributed by atoms with Crippen LogP contribution in [0.2, 0.25) is 10.0 Å². The second-order valence-electron chi connectivity index (χ2n) is 4.90. The first-order chi connectivity index (χ1) is 10.3. The van der Waals surface area contributed by atoms with Crippen LogP contribution in [-0.4, -0.2) is 34.0 Å². The lowest BCUT2D eigenvalue weighted by molar-refractivity contribution is 0.303. The summed E-state index contributed by atoms with van der Waals surface area (Å²) in [6.45, 7) is 0.234. The lowest BCUT2D eigenvalue weighted by atomic mass is 10.2. The third-order valence-electron chi connectivity index (χ3n) is 3.15. The maximum Gasteiger partial charge on any atom is 0.243 e. The number of halogens is 2. The Morgan fingerprint density at radius 1 is 1.18 bits per heavy atom. The van der Waals surface area contributed by atoms with E-state index in [0.29, 0.717) is 0 Å². The van der Waals surface area contributed by atoms with E-state index >= 15 is 0 Å². The summed E-state index contributed by atoms with van der Waals surface area (Å²) in [4.78, 5) is 2.96. The topological polar surface area (TPSA) is 49.4 Å². The molecule has 0 saturated carbocycles. The summed E-state index contributed by atoms with van der Waals surface area (Å²) in [5.41, 5.74) is 0. The van der Waals surface area contributed by atoms with E-state index in [1.807, 2.05) is 36.5 Å². The highest BCUT2D eigenvalue weighted by atomic mass is 35.5. The van der Waals surface area contributed by atoms with E-state index in [2.05, 4.69) is 4.72 Å². The van der Waals surface area contributed by atoms with Gasteiger partial charge >= 0.3 is 0 Å². The van der Waals surface area contributed by atoms with Crippen LogP contribution >= 0.6 is 34.5 Å². The molecule has 2 rings (SSSR count). The SMILES string of the molecule is CN(C)[C@H](CNS(=O)(=O)c1c(Cl)cccc1Cl)c1cccs1. The molecule has 8 heteroatoms. The van der Waals surface area contributed by atoms with Crippen molar-refractivity contribution in [2.24, 2.45) is 0 Å². The van der Waals surface area contributed by atoms with Crippen LogP contribution in [0.3, 0.4) is 0 Å². The fourth-order valence-electron chi connectivity index (χ4n) is 2.02. The van der Waals surface area contributed by atoms with E-state index in [4.69, 9.17) is 23.2 Å². The van der Waals surface area contributed by atoms with E-state index in [1.54, 1.807) is 17.4 Å². The molecule has 1 aromatic heterocycles. The standard InChI is InChI=1S/C14H16Cl2N2O2S2/c1-18(2)12(13-7-4-8-21-13)9-17-22(19,20)14-10(15)5-3-6-11(14)16/h3-8,12,17H,9H2,1-2H3/t12-/m1/s1. The largest absolute Gasteiger partial charge is 0.300 e. The summed E-state index contributed by atoms with van der Waals surface area (Å²) >= 11 is 13.5. The van der Waals surface area contributed by atoms with Gasteiger partial charge in [-0.3, -0.25) is 0 Å². The monoisotopic (exact) mass is 378 g/mol. The first-order valence-corrected chi connectivity index (χ1v) is 9.58.